The number of aliphatic carboxylic acids is 1. The van der Waals surface area contributed by atoms with Crippen LogP contribution in [0.1, 0.15) is 29.6 Å². The summed E-state index contributed by atoms with van der Waals surface area (Å²) in [6, 6.07) is 2.86. The molecule has 118 valence electrons. The summed E-state index contributed by atoms with van der Waals surface area (Å²) in [4.78, 5) is 28.3. The van der Waals surface area contributed by atoms with Crippen molar-refractivity contribution in [3.05, 3.63) is 23.9 Å². The maximum atomic E-state index is 11.1. The van der Waals surface area contributed by atoms with Gasteiger partial charge in [-0.2, -0.15) is 0 Å². The number of anilines is 1. The monoisotopic (exact) mass is 305 g/mol. The minimum atomic E-state index is -0.978. The summed E-state index contributed by atoms with van der Waals surface area (Å²) < 4.78 is 0. The van der Waals surface area contributed by atoms with Crippen molar-refractivity contribution in [1.29, 1.82) is 0 Å². The van der Waals surface area contributed by atoms with Gasteiger partial charge in [0.1, 0.15) is 11.9 Å². The van der Waals surface area contributed by atoms with Gasteiger partial charge in [0.15, 0.2) is 0 Å². The van der Waals surface area contributed by atoms with Crippen LogP contribution in [0.4, 0.5) is 5.82 Å². The Morgan fingerprint density at radius 3 is 2.50 bits per heavy atom. The van der Waals surface area contributed by atoms with Crippen LogP contribution < -0.4 is 10.2 Å². The van der Waals surface area contributed by atoms with Crippen molar-refractivity contribution < 1.29 is 19.8 Å². The molecule has 2 fully saturated rings. The molecule has 7 heteroatoms. The van der Waals surface area contributed by atoms with Crippen LogP contribution in [0.2, 0.25) is 0 Å². The number of nitrogens with zero attached hydrogens (tertiary/aromatic N) is 2. The SMILES string of the molecule is O=C(O)c1ccc(N2CCC3(CC2)CNC(C(=O)O)C3)nc1. The van der Waals surface area contributed by atoms with Gasteiger partial charge >= 0.3 is 11.9 Å². The predicted molar refractivity (Wildman–Crippen MR) is 79.1 cm³/mol. The molecule has 0 aliphatic carbocycles. The van der Waals surface area contributed by atoms with Gasteiger partial charge in [-0.15, -0.1) is 0 Å². The Kier molecular flexibility index (Phi) is 3.74. The summed E-state index contributed by atoms with van der Waals surface area (Å²) in [6.45, 7) is 2.38. The van der Waals surface area contributed by atoms with Crippen molar-refractivity contribution >= 4 is 17.8 Å². The minimum absolute atomic E-state index is 0.0700. The van der Waals surface area contributed by atoms with Crippen LogP contribution in [0.25, 0.3) is 0 Å². The molecule has 1 atom stereocenters. The maximum Gasteiger partial charge on any atom is 0.337 e. The fourth-order valence-electron chi connectivity index (χ4n) is 3.38. The first-order chi connectivity index (χ1) is 10.5. The van der Waals surface area contributed by atoms with E-state index < -0.39 is 18.0 Å². The molecule has 0 saturated carbocycles. The van der Waals surface area contributed by atoms with Crippen molar-refractivity contribution in [1.82, 2.24) is 10.3 Å². The van der Waals surface area contributed by atoms with Crippen LogP contribution in [-0.2, 0) is 4.79 Å². The number of pyridine rings is 1. The number of hydrogen-bond acceptors (Lipinski definition) is 5. The van der Waals surface area contributed by atoms with Crippen molar-refractivity contribution in [2.75, 3.05) is 24.5 Å². The zero-order valence-electron chi connectivity index (χ0n) is 12.2. The fourth-order valence-corrected chi connectivity index (χ4v) is 3.38. The average molecular weight is 305 g/mol. The zero-order chi connectivity index (χ0) is 15.7. The molecule has 7 nitrogen and oxygen atoms in total. The van der Waals surface area contributed by atoms with E-state index in [1.165, 1.54) is 6.20 Å². The highest BCUT2D eigenvalue weighted by atomic mass is 16.4. The predicted octanol–water partition coefficient (Wildman–Crippen LogP) is 0.813. The normalized spacial score (nSPS) is 23.6. The van der Waals surface area contributed by atoms with E-state index in [0.29, 0.717) is 6.42 Å². The smallest absolute Gasteiger partial charge is 0.337 e. The highest BCUT2D eigenvalue weighted by molar-refractivity contribution is 5.87. The maximum absolute atomic E-state index is 11.1. The molecule has 3 heterocycles. The van der Waals surface area contributed by atoms with Crippen LogP contribution in [-0.4, -0.2) is 52.8 Å². The van der Waals surface area contributed by atoms with Gasteiger partial charge in [-0.05, 0) is 36.8 Å². The van der Waals surface area contributed by atoms with Crippen LogP contribution in [0.3, 0.4) is 0 Å². The summed E-state index contributed by atoms with van der Waals surface area (Å²) in [5.74, 6) is -0.973. The molecule has 1 spiro atoms. The molecule has 0 amide bonds. The van der Waals surface area contributed by atoms with Crippen molar-refractivity contribution in [2.24, 2.45) is 5.41 Å². The van der Waals surface area contributed by atoms with E-state index in [1.54, 1.807) is 12.1 Å². The third-order valence-corrected chi connectivity index (χ3v) is 4.80. The number of hydrogen-bond donors (Lipinski definition) is 3. The minimum Gasteiger partial charge on any atom is -0.480 e. The molecular weight excluding hydrogens is 286 g/mol. The Balaban J connectivity index is 1.62. The number of carboxylic acids is 2. The summed E-state index contributed by atoms with van der Waals surface area (Å²) in [5, 5.41) is 21.1. The van der Waals surface area contributed by atoms with Crippen LogP contribution >= 0.6 is 0 Å². The van der Waals surface area contributed by atoms with Gasteiger partial charge in [0.2, 0.25) is 0 Å². The topological polar surface area (TPSA) is 103 Å². The first kappa shape index (κ1) is 14.8. The zero-order valence-corrected chi connectivity index (χ0v) is 12.2. The molecule has 22 heavy (non-hydrogen) atoms. The van der Waals surface area contributed by atoms with Gasteiger partial charge in [0, 0.05) is 25.8 Å². The lowest BCUT2D eigenvalue weighted by atomic mass is 9.76. The third kappa shape index (κ3) is 2.76. The van der Waals surface area contributed by atoms with Crippen LogP contribution in [0.5, 0.6) is 0 Å². The fraction of sp³-hybridized carbons (Fsp3) is 0.533. The van der Waals surface area contributed by atoms with E-state index in [0.717, 1.165) is 38.3 Å². The molecular formula is C15H19N3O4. The lowest BCUT2D eigenvalue weighted by Gasteiger charge is -2.39. The summed E-state index contributed by atoms with van der Waals surface area (Å²) in [6.07, 6.45) is 3.90. The second kappa shape index (κ2) is 5.57. The Hall–Kier alpha value is -2.15. The van der Waals surface area contributed by atoms with E-state index in [-0.39, 0.29) is 11.0 Å². The van der Waals surface area contributed by atoms with E-state index >= 15 is 0 Å². The molecule has 1 aromatic heterocycles. The number of aromatic nitrogens is 1. The lowest BCUT2D eigenvalue weighted by Crippen LogP contribution is -2.41. The number of piperidine rings is 1. The number of carbonyl (C=O) groups is 2. The molecule has 0 aromatic carbocycles. The lowest BCUT2D eigenvalue weighted by molar-refractivity contribution is -0.139. The first-order valence-electron chi connectivity index (χ1n) is 7.40. The number of carboxylic acid groups (broad SMARTS) is 2. The average Bonchev–Trinajstić information content (AvgIpc) is 2.92. The number of nitrogens with one attached hydrogen (secondary N) is 1. The largest absolute Gasteiger partial charge is 0.480 e. The van der Waals surface area contributed by atoms with Crippen molar-refractivity contribution in [3.63, 3.8) is 0 Å². The quantitative estimate of drug-likeness (QED) is 0.759. The van der Waals surface area contributed by atoms with Gasteiger partial charge in [-0.3, -0.25) is 4.79 Å². The number of rotatable bonds is 3. The van der Waals surface area contributed by atoms with E-state index in [9.17, 15) is 9.59 Å². The second-order valence-electron chi connectivity index (χ2n) is 6.17. The molecule has 1 unspecified atom stereocenters. The highest BCUT2D eigenvalue weighted by Gasteiger charge is 2.43. The summed E-state index contributed by atoms with van der Waals surface area (Å²) in [7, 11) is 0. The van der Waals surface area contributed by atoms with Gasteiger partial charge in [-0.1, -0.05) is 0 Å². The Morgan fingerprint density at radius 1 is 1.27 bits per heavy atom. The Labute approximate surface area is 128 Å². The molecule has 3 N–H and O–H groups in total. The second-order valence-corrected chi connectivity index (χ2v) is 6.17. The van der Waals surface area contributed by atoms with Gasteiger partial charge in [0.05, 0.1) is 5.56 Å². The Morgan fingerprint density at radius 2 is 2.00 bits per heavy atom. The van der Waals surface area contributed by atoms with E-state index in [1.807, 2.05) is 0 Å². The van der Waals surface area contributed by atoms with Gasteiger partial charge in [-0.25, -0.2) is 9.78 Å². The molecule has 0 bridgehead atoms. The molecule has 0 radical (unpaired) electrons. The standard InChI is InChI=1S/C15H19N3O4/c19-13(20)10-1-2-12(16-8-10)18-5-3-15(4-6-18)7-11(14(21)22)17-9-15/h1-2,8,11,17H,3-7,9H2,(H,19,20)(H,21,22). The summed E-state index contributed by atoms with van der Waals surface area (Å²) in [5.41, 5.74) is 0.252. The molecule has 1 aromatic rings. The first-order valence-corrected chi connectivity index (χ1v) is 7.40. The molecule has 2 saturated heterocycles. The number of aromatic carboxylic acids is 1. The Bertz CT molecular complexity index is 579. The van der Waals surface area contributed by atoms with Gasteiger partial charge < -0.3 is 20.4 Å². The molecule has 2 aliphatic heterocycles. The summed E-state index contributed by atoms with van der Waals surface area (Å²) >= 11 is 0. The van der Waals surface area contributed by atoms with Crippen LogP contribution in [0, 0.1) is 5.41 Å². The third-order valence-electron chi connectivity index (χ3n) is 4.80. The van der Waals surface area contributed by atoms with Crippen LogP contribution in [0.15, 0.2) is 18.3 Å². The van der Waals surface area contributed by atoms with Crippen molar-refractivity contribution in [2.45, 2.75) is 25.3 Å². The highest BCUT2D eigenvalue weighted by Crippen LogP contribution is 2.40. The van der Waals surface area contributed by atoms with Crippen molar-refractivity contribution in [3.8, 4) is 0 Å². The van der Waals surface area contributed by atoms with E-state index in [2.05, 4.69) is 15.2 Å². The van der Waals surface area contributed by atoms with Gasteiger partial charge in [0.25, 0.3) is 0 Å². The molecule has 3 rings (SSSR count). The molecule has 2 aliphatic rings. The van der Waals surface area contributed by atoms with E-state index in [4.69, 9.17) is 10.2 Å².